The summed E-state index contributed by atoms with van der Waals surface area (Å²) in [7, 11) is 0. The molecule has 0 radical (unpaired) electrons. The van der Waals surface area contributed by atoms with Crippen LogP contribution >= 0.6 is 0 Å². The first-order chi connectivity index (χ1) is 12.4. The van der Waals surface area contributed by atoms with Crippen molar-refractivity contribution in [3.8, 4) is 11.3 Å². The van der Waals surface area contributed by atoms with E-state index < -0.39 is 0 Å². The summed E-state index contributed by atoms with van der Waals surface area (Å²) < 4.78 is 1.87. The third-order valence-electron chi connectivity index (χ3n) is 4.93. The van der Waals surface area contributed by atoms with E-state index in [1.54, 1.807) is 0 Å². The summed E-state index contributed by atoms with van der Waals surface area (Å²) in [5.41, 5.74) is 3.77. The highest BCUT2D eigenvalue weighted by atomic mass is 15.4. The normalized spacial score (nSPS) is 15.1. The smallest absolute Gasteiger partial charge is 0.186 e. The largest absolute Gasteiger partial charge is 0.356 e. The lowest BCUT2D eigenvalue weighted by atomic mass is 10.1. The van der Waals surface area contributed by atoms with E-state index in [1.807, 2.05) is 28.8 Å². The minimum absolute atomic E-state index is 0.825. The summed E-state index contributed by atoms with van der Waals surface area (Å²) in [5, 5.41) is 9.97. The quantitative estimate of drug-likeness (QED) is 0.559. The topological polar surface area (TPSA) is 46.3 Å². The number of anilines is 1. The highest BCUT2D eigenvalue weighted by Crippen LogP contribution is 2.31. The Morgan fingerprint density at radius 1 is 0.800 bits per heavy atom. The van der Waals surface area contributed by atoms with E-state index in [0.717, 1.165) is 46.7 Å². The van der Waals surface area contributed by atoms with Crippen LogP contribution in [0.5, 0.6) is 0 Å². The van der Waals surface area contributed by atoms with E-state index >= 15 is 0 Å². The van der Waals surface area contributed by atoms with Gasteiger partial charge in [0, 0.05) is 24.0 Å². The van der Waals surface area contributed by atoms with Gasteiger partial charge < -0.3 is 4.90 Å². The van der Waals surface area contributed by atoms with Crippen LogP contribution in [0.3, 0.4) is 0 Å². The van der Waals surface area contributed by atoms with Crippen molar-refractivity contribution < 1.29 is 0 Å². The number of nitrogens with zero attached hydrogens (tertiary/aromatic N) is 5. The number of rotatable bonds is 2. The lowest BCUT2D eigenvalue weighted by Gasteiger charge is -2.28. The lowest BCUT2D eigenvalue weighted by molar-refractivity contribution is 0.575. The van der Waals surface area contributed by atoms with Crippen molar-refractivity contribution in [2.75, 3.05) is 18.0 Å². The van der Waals surface area contributed by atoms with Crippen molar-refractivity contribution in [3.05, 3.63) is 54.6 Å². The maximum atomic E-state index is 5.03. The Hall–Kier alpha value is -2.95. The van der Waals surface area contributed by atoms with Gasteiger partial charge in [0.25, 0.3) is 0 Å². The predicted molar refractivity (Wildman–Crippen MR) is 99.8 cm³/mol. The van der Waals surface area contributed by atoms with Crippen LogP contribution in [0.1, 0.15) is 19.3 Å². The third-order valence-corrected chi connectivity index (χ3v) is 4.93. The zero-order valence-corrected chi connectivity index (χ0v) is 14.0. The van der Waals surface area contributed by atoms with Crippen LogP contribution in [0.25, 0.3) is 27.8 Å². The monoisotopic (exact) mass is 329 g/mol. The molecule has 0 bridgehead atoms. The molecule has 124 valence electrons. The van der Waals surface area contributed by atoms with Crippen molar-refractivity contribution in [1.29, 1.82) is 0 Å². The molecule has 1 fully saturated rings. The Labute approximate surface area is 145 Å². The molecule has 0 spiro atoms. The average Bonchev–Trinajstić information content (AvgIpc) is 3.13. The van der Waals surface area contributed by atoms with E-state index in [0.29, 0.717) is 0 Å². The number of hydrogen-bond acceptors (Lipinski definition) is 4. The van der Waals surface area contributed by atoms with Crippen molar-refractivity contribution in [3.63, 3.8) is 0 Å². The van der Waals surface area contributed by atoms with Gasteiger partial charge in [0.1, 0.15) is 11.5 Å². The first kappa shape index (κ1) is 14.4. The molecule has 1 aliphatic heterocycles. The number of benzene rings is 2. The minimum atomic E-state index is 0.825. The Bertz CT molecular complexity index is 1030. The van der Waals surface area contributed by atoms with Crippen molar-refractivity contribution in [1.82, 2.24) is 19.8 Å². The summed E-state index contributed by atoms with van der Waals surface area (Å²) in [6, 6.07) is 18.5. The zero-order chi connectivity index (χ0) is 16.6. The molecule has 0 amide bonds. The molecular weight excluding hydrogens is 310 g/mol. The molecule has 0 atom stereocenters. The number of hydrogen-bond donors (Lipinski definition) is 0. The van der Waals surface area contributed by atoms with Crippen LogP contribution in [0.15, 0.2) is 54.6 Å². The second kappa shape index (κ2) is 5.84. The minimum Gasteiger partial charge on any atom is -0.356 e. The molecule has 0 aliphatic carbocycles. The summed E-state index contributed by atoms with van der Waals surface area (Å²) in [6.07, 6.45) is 3.76. The molecule has 0 unspecified atom stereocenters. The van der Waals surface area contributed by atoms with Gasteiger partial charge in [0.05, 0.1) is 5.52 Å². The van der Waals surface area contributed by atoms with Gasteiger partial charge in [-0.2, -0.15) is 4.52 Å². The number of para-hydroxylation sites is 1. The maximum Gasteiger partial charge on any atom is 0.186 e. The summed E-state index contributed by atoms with van der Waals surface area (Å²) in [6.45, 7) is 2.13. The number of aromatic nitrogens is 4. The molecule has 1 aliphatic rings. The molecule has 5 rings (SSSR count). The molecule has 0 saturated carbocycles. The van der Waals surface area contributed by atoms with Gasteiger partial charge in [-0.15, -0.1) is 5.10 Å². The first-order valence-corrected chi connectivity index (χ1v) is 8.86. The molecular formula is C20H19N5. The predicted octanol–water partition coefficient (Wildman–Crippen LogP) is 3.93. The molecule has 5 heteroatoms. The molecule has 5 nitrogen and oxygen atoms in total. The Balaban J connectivity index is 1.80. The number of piperidine rings is 1. The van der Waals surface area contributed by atoms with Crippen molar-refractivity contribution >= 4 is 22.4 Å². The standard InChI is InChI=1S/C20H19N5/c1-3-9-15(10-4-1)18-20-21-19(24-13-7-2-8-14-24)16-11-5-6-12-17(16)25(20)23-22-18/h1,3-6,9-12H,2,7-8,13-14H2. The van der Waals surface area contributed by atoms with Crippen LogP contribution in [0, 0.1) is 0 Å². The van der Waals surface area contributed by atoms with E-state index in [4.69, 9.17) is 4.98 Å². The molecule has 2 aromatic carbocycles. The second-order valence-electron chi connectivity index (χ2n) is 6.54. The van der Waals surface area contributed by atoms with Crippen molar-refractivity contribution in [2.45, 2.75) is 19.3 Å². The molecule has 25 heavy (non-hydrogen) atoms. The van der Waals surface area contributed by atoms with E-state index in [-0.39, 0.29) is 0 Å². The van der Waals surface area contributed by atoms with Crippen LogP contribution in [-0.4, -0.2) is 32.9 Å². The van der Waals surface area contributed by atoms with Crippen LogP contribution in [0.2, 0.25) is 0 Å². The number of fused-ring (bicyclic) bond motifs is 3. The summed E-state index contributed by atoms with van der Waals surface area (Å²) in [5.74, 6) is 1.06. The van der Waals surface area contributed by atoms with Gasteiger partial charge in [0.15, 0.2) is 5.65 Å². The molecule has 4 aromatic rings. The van der Waals surface area contributed by atoms with Gasteiger partial charge in [-0.05, 0) is 31.4 Å². The fourth-order valence-corrected chi connectivity index (χ4v) is 3.68. The second-order valence-corrected chi connectivity index (χ2v) is 6.54. The van der Waals surface area contributed by atoms with E-state index in [2.05, 4.69) is 45.5 Å². The Kier molecular flexibility index (Phi) is 3.37. The van der Waals surface area contributed by atoms with Gasteiger partial charge in [-0.3, -0.25) is 0 Å². The average molecular weight is 329 g/mol. The van der Waals surface area contributed by atoms with Crippen LogP contribution in [-0.2, 0) is 0 Å². The highest BCUT2D eigenvalue weighted by molar-refractivity contribution is 5.93. The van der Waals surface area contributed by atoms with E-state index in [1.165, 1.54) is 19.3 Å². The fraction of sp³-hybridized carbons (Fsp3) is 0.250. The summed E-state index contributed by atoms with van der Waals surface area (Å²) in [4.78, 5) is 7.44. The maximum absolute atomic E-state index is 5.03. The zero-order valence-electron chi connectivity index (χ0n) is 14.0. The molecule has 3 heterocycles. The van der Waals surface area contributed by atoms with Gasteiger partial charge in [0.2, 0.25) is 0 Å². The highest BCUT2D eigenvalue weighted by Gasteiger charge is 2.20. The SMILES string of the molecule is c1ccc(-c2nnn3c2nc(N2CCCCC2)c2ccccc23)cc1. The Morgan fingerprint density at radius 3 is 2.40 bits per heavy atom. The van der Waals surface area contributed by atoms with Gasteiger partial charge in [-0.1, -0.05) is 47.7 Å². The Morgan fingerprint density at radius 2 is 1.56 bits per heavy atom. The molecule has 0 N–H and O–H groups in total. The van der Waals surface area contributed by atoms with Gasteiger partial charge in [-0.25, -0.2) is 4.98 Å². The first-order valence-electron chi connectivity index (χ1n) is 8.86. The van der Waals surface area contributed by atoms with Crippen LogP contribution in [0.4, 0.5) is 5.82 Å². The third kappa shape index (κ3) is 2.35. The van der Waals surface area contributed by atoms with E-state index in [9.17, 15) is 0 Å². The lowest BCUT2D eigenvalue weighted by Crippen LogP contribution is -2.30. The van der Waals surface area contributed by atoms with Crippen molar-refractivity contribution in [2.24, 2.45) is 0 Å². The van der Waals surface area contributed by atoms with Crippen LogP contribution < -0.4 is 4.90 Å². The van der Waals surface area contributed by atoms with Gasteiger partial charge >= 0.3 is 0 Å². The molecule has 2 aromatic heterocycles. The summed E-state index contributed by atoms with van der Waals surface area (Å²) >= 11 is 0. The molecule has 1 saturated heterocycles. The fourth-order valence-electron chi connectivity index (χ4n) is 3.68.